The van der Waals surface area contributed by atoms with E-state index in [1.165, 1.54) is 6.33 Å². The monoisotopic (exact) mass is 573 g/mol. The number of hydrogen-bond donors (Lipinski definition) is 2. The van der Waals surface area contributed by atoms with Crippen LogP contribution in [0.1, 0.15) is 18.9 Å². The van der Waals surface area contributed by atoms with E-state index in [4.69, 9.17) is 19.5 Å². The SMILES string of the molecule is CCC(=O)SCCOP(=O)(COCCn1cnc2c(=O)[nH]c(N)nc21)OCc1cccc(Br)c1. The number of nitrogens with zero attached hydrogens (tertiary/aromatic N) is 3. The van der Waals surface area contributed by atoms with Gasteiger partial charge in [-0.3, -0.25) is 19.1 Å². The van der Waals surface area contributed by atoms with E-state index < -0.39 is 13.2 Å². The Morgan fingerprint density at radius 2 is 2.15 bits per heavy atom. The first kappa shape index (κ1) is 26.6. The molecule has 0 amide bonds. The second-order valence-electron chi connectivity index (χ2n) is 7.02. The molecule has 3 N–H and O–H groups in total. The number of nitrogen functional groups attached to an aromatic ring is 1. The molecule has 1 aromatic carbocycles. The molecule has 0 aliphatic heterocycles. The Balaban J connectivity index is 1.58. The number of nitrogens with one attached hydrogen (secondary N) is 1. The van der Waals surface area contributed by atoms with Gasteiger partial charge in [-0.15, -0.1) is 0 Å². The molecule has 0 saturated carbocycles. The summed E-state index contributed by atoms with van der Waals surface area (Å²) in [5.41, 5.74) is 6.48. The Morgan fingerprint density at radius 3 is 2.91 bits per heavy atom. The number of ether oxygens (including phenoxy) is 1. The van der Waals surface area contributed by atoms with Crippen LogP contribution in [0.4, 0.5) is 5.95 Å². The smallest absolute Gasteiger partial charge is 0.356 e. The van der Waals surface area contributed by atoms with Crippen molar-refractivity contribution in [1.29, 1.82) is 0 Å². The van der Waals surface area contributed by atoms with Gasteiger partial charge in [-0.05, 0) is 17.7 Å². The van der Waals surface area contributed by atoms with Crippen molar-refractivity contribution in [3.8, 4) is 0 Å². The lowest BCUT2D eigenvalue weighted by atomic mass is 10.2. The largest absolute Gasteiger partial charge is 0.369 e. The normalized spacial score (nSPS) is 13.2. The number of anilines is 1. The average molecular weight is 574 g/mol. The number of carbonyl (C=O) groups is 1. The number of H-pyrrole nitrogens is 1. The highest BCUT2D eigenvalue weighted by molar-refractivity contribution is 9.10. The molecule has 3 aromatic rings. The van der Waals surface area contributed by atoms with Crippen molar-refractivity contribution in [2.24, 2.45) is 0 Å². The molecule has 184 valence electrons. The number of aromatic amines is 1. The molecule has 0 spiro atoms. The van der Waals surface area contributed by atoms with Gasteiger partial charge in [-0.25, -0.2) is 4.98 Å². The molecule has 0 radical (unpaired) electrons. The van der Waals surface area contributed by atoms with Crippen molar-refractivity contribution in [3.63, 3.8) is 0 Å². The zero-order valence-electron chi connectivity index (χ0n) is 18.4. The van der Waals surface area contributed by atoms with Crippen molar-refractivity contribution >= 4 is 57.5 Å². The number of imidazole rings is 1. The topological polar surface area (TPSA) is 151 Å². The lowest BCUT2D eigenvalue weighted by Gasteiger charge is -2.19. The van der Waals surface area contributed by atoms with Crippen molar-refractivity contribution in [1.82, 2.24) is 19.5 Å². The van der Waals surface area contributed by atoms with Crippen molar-refractivity contribution in [2.45, 2.75) is 26.5 Å². The van der Waals surface area contributed by atoms with Gasteiger partial charge in [-0.1, -0.05) is 46.7 Å². The number of thioether (sulfide) groups is 1. The second-order valence-corrected chi connectivity index (χ2v) is 11.1. The summed E-state index contributed by atoms with van der Waals surface area (Å²) in [6.45, 7) is 2.35. The Morgan fingerprint density at radius 1 is 1.32 bits per heavy atom. The van der Waals surface area contributed by atoms with E-state index in [9.17, 15) is 14.2 Å². The molecule has 34 heavy (non-hydrogen) atoms. The van der Waals surface area contributed by atoms with Gasteiger partial charge in [0.05, 0.1) is 26.1 Å². The Kier molecular flexibility index (Phi) is 9.86. The number of hydrogen-bond acceptors (Lipinski definition) is 10. The third-order valence-electron chi connectivity index (χ3n) is 4.46. The van der Waals surface area contributed by atoms with Crippen LogP contribution in [0.2, 0.25) is 0 Å². The number of rotatable bonds is 13. The van der Waals surface area contributed by atoms with Gasteiger partial charge in [0, 0.05) is 23.2 Å². The predicted octanol–water partition coefficient (Wildman–Crippen LogP) is 3.53. The van der Waals surface area contributed by atoms with E-state index in [-0.39, 0.29) is 42.7 Å². The Labute approximate surface area is 208 Å². The van der Waals surface area contributed by atoms with E-state index in [1.807, 2.05) is 24.3 Å². The summed E-state index contributed by atoms with van der Waals surface area (Å²) in [6.07, 6.45) is 1.59. The van der Waals surface area contributed by atoms with Gasteiger partial charge >= 0.3 is 7.60 Å². The molecule has 2 heterocycles. The molecular formula is C20H25BrN5O6PS. The van der Waals surface area contributed by atoms with Crippen LogP contribution in [0.25, 0.3) is 11.2 Å². The summed E-state index contributed by atoms with van der Waals surface area (Å²) in [5.74, 6) is 0.345. The minimum atomic E-state index is -3.62. The molecule has 1 atom stereocenters. The molecule has 0 aliphatic rings. The summed E-state index contributed by atoms with van der Waals surface area (Å²) in [7, 11) is -3.62. The fourth-order valence-electron chi connectivity index (χ4n) is 2.82. The lowest BCUT2D eigenvalue weighted by molar-refractivity contribution is -0.110. The third kappa shape index (κ3) is 7.76. The summed E-state index contributed by atoms with van der Waals surface area (Å²) in [4.78, 5) is 33.9. The van der Waals surface area contributed by atoms with Crippen LogP contribution < -0.4 is 11.3 Å². The molecule has 3 rings (SSSR count). The molecule has 2 aromatic heterocycles. The van der Waals surface area contributed by atoms with Crippen LogP contribution in [0.3, 0.4) is 0 Å². The average Bonchev–Trinajstić information content (AvgIpc) is 3.21. The van der Waals surface area contributed by atoms with Crippen LogP contribution in [0.5, 0.6) is 0 Å². The molecular weight excluding hydrogens is 549 g/mol. The van der Waals surface area contributed by atoms with E-state index in [0.717, 1.165) is 21.8 Å². The number of fused-ring (bicyclic) bond motifs is 1. The number of carbonyl (C=O) groups excluding carboxylic acids is 1. The van der Waals surface area contributed by atoms with Gasteiger partial charge in [0.1, 0.15) is 6.35 Å². The van der Waals surface area contributed by atoms with Gasteiger partial charge in [-0.2, -0.15) is 4.98 Å². The van der Waals surface area contributed by atoms with Crippen molar-refractivity contribution < 1.29 is 23.1 Å². The molecule has 11 nitrogen and oxygen atoms in total. The first-order valence-electron chi connectivity index (χ1n) is 10.4. The third-order valence-corrected chi connectivity index (χ3v) is 7.53. The summed E-state index contributed by atoms with van der Waals surface area (Å²) in [6, 6.07) is 7.42. The maximum Gasteiger partial charge on any atom is 0.356 e. The molecule has 0 fully saturated rings. The van der Waals surface area contributed by atoms with E-state index in [1.54, 1.807) is 11.5 Å². The van der Waals surface area contributed by atoms with Crippen LogP contribution in [0, 0.1) is 0 Å². The zero-order chi connectivity index (χ0) is 24.6. The quantitative estimate of drug-likeness (QED) is 0.229. The van der Waals surface area contributed by atoms with E-state index in [2.05, 4.69) is 30.9 Å². The highest BCUT2D eigenvalue weighted by Gasteiger charge is 2.25. The fraction of sp³-hybridized carbons (Fsp3) is 0.400. The second kappa shape index (κ2) is 12.6. The predicted molar refractivity (Wildman–Crippen MR) is 134 cm³/mol. The van der Waals surface area contributed by atoms with Gasteiger partial charge in [0.25, 0.3) is 5.56 Å². The molecule has 0 bridgehead atoms. The lowest BCUT2D eigenvalue weighted by Crippen LogP contribution is -2.13. The van der Waals surface area contributed by atoms with Crippen LogP contribution in [-0.4, -0.2) is 49.9 Å². The summed E-state index contributed by atoms with van der Waals surface area (Å²) < 4.78 is 32.6. The van der Waals surface area contributed by atoms with Crippen LogP contribution in [0.15, 0.2) is 39.9 Å². The molecule has 0 saturated heterocycles. The highest BCUT2D eigenvalue weighted by atomic mass is 79.9. The van der Waals surface area contributed by atoms with Crippen LogP contribution >= 0.6 is 35.3 Å². The first-order valence-corrected chi connectivity index (χ1v) is 13.9. The first-order chi connectivity index (χ1) is 16.3. The standard InChI is InChI=1S/C20H25BrN5O6PS/c1-2-16(27)34-9-8-31-33(29,32-11-14-4-3-5-15(21)10-14)13-30-7-6-26-12-23-17-18(26)24-20(22)25-19(17)28/h3-5,10,12H,2,6-9,11,13H2,1H3,(H3,22,24,25,28). The van der Waals surface area contributed by atoms with E-state index in [0.29, 0.717) is 24.4 Å². The van der Waals surface area contributed by atoms with Gasteiger partial charge in [0.15, 0.2) is 16.3 Å². The van der Waals surface area contributed by atoms with Crippen LogP contribution in [-0.2, 0) is 36.3 Å². The highest BCUT2D eigenvalue weighted by Crippen LogP contribution is 2.49. The number of halogens is 1. The zero-order valence-corrected chi connectivity index (χ0v) is 21.7. The Bertz CT molecular complexity index is 1240. The fourth-order valence-corrected chi connectivity index (χ4v) is 5.28. The maximum atomic E-state index is 13.3. The van der Waals surface area contributed by atoms with Crippen molar-refractivity contribution in [3.05, 3.63) is 51.0 Å². The number of nitrogens with two attached hydrogens (primary N) is 1. The molecule has 14 heteroatoms. The molecule has 1 unspecified atom stereocenters. The minimum Gasteiger partial charge on any atom is -0.369 e. The number of aromatic nitrogens is 4. The molecule has 0 aliphatic carbocycles. The van der Waals surface area contributed by atoms with Crippen molar-refractivity contribution in [2.75, 3.05) is 31.0 Å². The van der Waals surface area contributed by atoms with Gasteiger partial charge in [0.2, 0.25) is 5.95 Å². The minimum absolute atomic E-state index is 0.0153. The summed E-state index contributed by atoms with van der Waals surface area (Å²) in [5, 5.41) is 0.0328. The van der Waals surface area contributed by atoms with E-state index >= 15 is 0 Å². The Hall–Kier alpha value is -2.02. The summed E-state index contributed by atoms with van der Waals surface area (Å²) >= 11 is 4.51. The maximum absolute atomic E-state index is 13.3. The number of benzene rings is 1. The van der Waals surface area contributed by atoms with Gasteiger partial charge < -0.3 is 24.1 Å².